The van der Waals surface area contributed by atoms with Gasteiger partial charge in [-0.15, -0.1) is 0 Å². The highest BCUT2D eigenvalue weighted by atomic mass is 79.9. The Kier molecular flexibility index (Phi) is 3.76. The van der Waals surface area contributed by atoms with Crippen LogP contribution in [-0.4, -0.2) is 20.7 Å². The number of nitrogens with zero attached hydrogens (tertiary/aromatic N) is 3. The Hall–Kier alpha value is -1.69. The molecule has 0 spiro atoms. The van der Waals surface area contributed by atoms with E-state index < -0.39 is 6.04 Å². The second-order valence-electron chi connectivity index (χ2n) is 4.00. The van der Waals surface area contributed by atoms with E-state index in [1.165, 1.54) is 17.3 Å². The van der Waals surface area contributed by atoms with Crippen molar-refractivity contribution in [2.24, 2.45) is 0 Å². The van der Waals surface area contributed by atoms with Crippen molar-refractivity contribution >= 4 is 27.5 Å². The van der Waals surface area contributed by atoms with Gasteiger partial charge in [-0.3, -0.25) is 4.79 Å². The molecule has 1 aromatic carbocycles. The quantitative estimate of drug-likeness (QED) is 0.948. The molecule has 0 bridgehead atoms. The molecular formula is C12H13BrN4O. The number of hydrogen-bond donors (Lipinski definition) is 1. The maximum atomic E-state index is 12.0. The van der Waals surface area contributed by atoms with Crippen molar-refractivity contribution < 1.29 is 4.79 Å². The molecule has 0 saturated heterocycles. The minimum Gasteiger partial charge on any atom is -0.324 e. The molecule has 94 valence electrons. The number of carbonyl (C=O) groups excluding carboxylic acids is 1. The number of amides is 1. The number of benzene rings is 1. The van der Waals surface area contributed by atoms with Crippen LogP contribution in [0.3, 0.4) is 0 Å². The predicted molar refractivity (Wildman–Crippen MR) is 72.2 cm³/mol. The molecule has 5 nitrogen and oxygen atoms in total. The van der Waals surface area contributed by atoms with Crippen LogP contribution in [0.4, 0.5) is 5.69 Å². The van der Waals surface area contributed by atoms with Gasteiger partial charge in [0.15, 0.2) is 0 Å². The van der Waals surface area contributed by atoms with Crippen LogP contribution in [0.15, 0.2) is 35.3 Å². The van der Waals surface area contributed by atoms with Crippen molar-refractivity contribution in [2.75, 3.05) is 5.32 Å². The van der Waals surface area contributed by atoms with Crippen LogP contribution in [0.1, 0.15) is 18.5 Å². The third kappa shape index (κ3) is 2.76. The molecule has 0 aliphatic rings. The maximum Gasteiger partial charge on any atom is 0.249 e. The summed E-state index contributed by atoms with van der Waals surface area (Å²) in [5.41, 5.74) is 1.80. The van der Waals surface area contributed by atoms with Crippen molar-refractivity contribution in [1.29, 1.82) is 0 Å². The lowest BCUT2D eigenvalue weighted by Crippen LogP contribution is -2.24. The lowest BCUT2D eigenvalue weighted by molar-refractivity contribution is -0.119. The number of carbonyl (C=O) groups is 1. The van der Waals surface area contributed by atoms with Crippen molar-refractivity contribution in [2.45, 2.75) is 19.9 Å². The number of aryl methyl sites for hydroxylation is 1. The fourth-order valence-corrected chi connectivity index (χ4v) is 2.02. The molecule has 0 saturated carbocycles. The fraction of sp³-hybridized carbons (Fsp3) is 0.250. The van der Waals surface area contributed by atoms with Gasteiger partial charge in [0.2, 0.25) is 5.91 Å². The van der Waals surface area contributed by atoms with E-state index in [-0.39, 0.29) is 5.91 Å². The fourth-order valence-electron chi connectivity index (χ4n) is 1.54. The number of nitrogens with one attached hydrogen (secondary N) is 1. The van der Waals surface area contributed by atoms with Gasteiger partial charge < -0.3 is 5.32 Å². The zero-order valence-corrected chi connectivity index (χ0v) is 11.7. The van der Waals surface area contributed by atoms with E-state index in [9.17, 15) is 4.79 Å². The highest BCUT2D eigenvalue weighted by molar-refractivity contribution is 9.10. The molecular weight excluding hydrogens is 296 g/mol. The second kappa shape index (κ2) is 5.30. The maximum absolute atomic E-state index is 12.0. The van der Waals surface area contributed by atoms with Crippen LogP contribution in [0.25, 0.3) is 0 Å². The first-order valence-electron chi connectivity index (χ1n) is 5.49. The molecule has 1 N–H and O–H groups in total. The van der Waals surface area contributed by atoms with Gasteiger partial charge in [-0.2, -0.15) is 5.10 Å². The third-order valence-corrected chi connectivity index (χ3v) is 3.15. The molecule has 2 aromatic rings. The number of halogens is 1. The van der Waals surface area contributed by atoms with E-state index >= 15 is 0 Å². The summed E-state index contributed by atoms with van der Waals surface area (Å²) in [5, 5.41) is 6.83. The van der Waals surface area contributed by atoms with Crippen molar-refractivity contribution in [3.05, 3.63) is 40.9 Å². The van der Waals surface area contributed by atoms with Crippen molar-refractivity contribution in [3.8, 4) is 0 Å². The summed E-state index contributed by atoms with van der Waals surface area (Å²) in [6, 6.07) is 5.32. The van der Waals surface area contributed by atoms with Crippen molar-refractivity contribution in [1.82, 2.24) is 14.8 Å². The molecule has 18 heavy (non-hydrogen) atoms. The van der Waals surface area contributed by atoms with Crippen molar-refractivity contribution in [3.63, 3.8) is 0 Å². The lowest BCUT2D eigenvalue weighted by atomic mass is 10.2. The third-order valence-electron chi connectivity index (χ3n) is 2.66. The van der Waals surface area contributed by atoms with Crippen LogP contribution in [0.2, 0.25) is 0 Å². The van der Waals surface area contributed by atoms with Crippen LogP contribution in [-0.2, 0) is 4.79 Å². The molecule has 1 unspecified atom stereocenters. The van der Waals surface area contributed by atoms with Crippen LogP contribution in [0.5, 0.6) is 0 Å². The zero-order valence-electron chi connectivity index (χ0n) is 10.1. The Morgan fingerprint density at radius 2 is 2.28 bits per heavy atom. The van der Waals surface area contributed by atoms with Gasteiger partial charge in [0, 0.05) is 10.2 Å². The average Bonchev–Trinajstić information content (AvgIpc) is 2.85. The first-order chi connectivity index (χ1) is 8.58. The van der Waals surface area contributed by atoms with Crippen LogP contribution < -0.4 is 5.32 Å². The minimum absolute atomic E-state index is 0.120. The smallest absolute Gasteiger partial charge is 0.249 e. The van der Waals surface area contributed by atoms with E-state index in [4.69, 9.17) is 0 Å². The Bertz CT molecular complexity index is 553. The van der Waals surface area contributed by atoms with E-state index in [1.54, 1.807) is 6.92 Å². The van der Waals surface area contributed by atoms with Gasteiger partial charge in [0.1, 0.15) is 18.7 Å². The Morgan fingerprint density at radius 3 is 2.89 bits per heavy atom. The zero-order chi connectivity index (χ0) is 13.1. The number of hydrogen-bond acceptors (Lipinski definition) is 3. The van der Waals surface area contributed by atoms with E-state index in [1.807, 2.05) is 25.1 Å². The molecule has 0 aliphatic heterocycles. The summed E-state index contributed by atoms with van der Waals surface area (Å²) in [4.78, 5) is 15.9. The average molecular weight is 309 g/mol. The molecule has 2 rings (SSSR count). The molecule has 1 amide bonds. The molecule has 1 aromatic heterocycles. The van der Waals surface area contributed by atoms with Gasteiger partial charge in [-0.1, -0.05) is 15.9 Å². The number of anilines is 1. The van der Waals surface area contributed by atoms with Gasteiger partial charge in [0.25, 0.3) is 0 Å². The first kappa shape index (κ1) is 12.8. The van der Waals surface area contributed by atoms with Gasteiger partial charge in [-0.05, 0) is 37.6 Å². The molecule has 1 heterocycles. The highest BCUT2D eigenvalue weighted by Gasteiger charge is 2.16. The van der Waals surface area contributed by atoms with E-state index in [0.717, 1.165) is 15.7 Å². The Balaban J connectivity index is 2.12. The summed E-state index contributed by atoms with van der Waals surface area (Å²) in [7, 11) is 0. The molecule has 0 aliphatic carbocycles. The summed E-state index contributed by atoms with van der Waals surface area (Å²) < 4.78 is 2.51. The molecule has 6 heteroatoms. The monoisotopic (exact) mass is 308 g/mol. The van der Waals surface area contributed by atoms with E-state index in [2.05, 4.69) is 31.3 Å². The number of aromatic nitrogens is 3. The van der Waals surface area contributed by atoms with Gasteiger partial charge in [-0.25, -0.2) is 9.67 Å². The van der Waals surface area contributed by atoms with Crippen LogP contribution >= 0.6 is 15.9 Å². The minimum atomic E-state index is -0.393. The molecule has 0 radical (unpaired) electrons. The van der Waals surface area contributed by atoms with Gasteiger partial charge >= 0.3 is 0 Å². The standard InChI is InChI=1S/C12H13BrN4O/c1-8-5-10(13)3-4-11(8)16-12(18)9(2)17-7-14-6-15-17/h3-7,9H,1-2H3,(H,16,18). The number of rotatable bonds is 3. The summed E-state index contributed by atoms with van der Waals surface area (Å²) in [6.45, 7) is 3.72. The Labute approximate surface area is 113 Å². The molecule has 1 atom stereocenters. The molecule has 0 fully saturated rings. The van der Waals surface area contributed by atoms with E-state index in [0.29, 0.717) is 0 Å². The normalized spacial score (nSPS) is 12.2. The lowest BCUT2D eigenvalue weighted by Gasteiger charge is -2.13. The predicted octanol–water partition coefficient (Wildman–Crippen LogP) is 2.55. The SMILES string of the molecule is Cc1cc(Br)ccc1NC(=O)C(C)n1cncn1. The summed E-state index contributed by atoms with van der Waals surface area (Å²) >= 11 is 3.39. The highest BCUT2D eigenvalue weighted by Crippen LogP contribution is 2.20. The largest absolute Gasteiger partial charge is 0.324 e. The second-order valence-corrected chi connectivity index (χ2v) is 4.92. The summed E-state index contributed by atoms with van der Waals surface area (Å²) in [5.74, 6) is -0.120. The van der Waals surface area contributed by atoms with Gasteiger partial charge in [0.05, 0.1) is 0 Å². The Morgan fingerprint density at radius 1 is 1.50 bits per heavy atom. The van der Waals surface area contributed by atoms with Crippen LogP contribution in [0, 0.1) is 6.92 Å². The first-order valence-corrected chi connectivity index (χ1v) is 6.28. The summed E-state index contributed by atoms with van der Waals surface area (Å²) in [6.07, 6.45) is 2.94. The topological polar surface area (TPSA) is 59.8 Å².